The zero-order valence-corrected chi connectivity index (χ0v) is 17.7. The van der Waals surface area contributed by atoms with E-state index in [1.165, 1.54) is 10.6 Å². The molecule has 0 bridgehead atoms. The molecular weight excluding hydrogens is 432 g/mol. The number of amides is 1. The van der Waals surface area contributed by atoms with Crippen LogP contribution in [0.15, 0.2) is 82.7 Å². The van der Waals surface area contributed by atoms with Crippen LogP contribution in [-0.4, -0.2) is 21.2 Å². The number of nitrogens with one attached hydrogen (secondary N) is 1. The summed E-state index contributed by atoms with van der Waals surface area (Å²) in [5, 5.41) is 12.9. The molecule has 0 atom stereocenters. The topological polar surface area (TPSA) is 87.8 Å². The van der Waals surface area contributed by atoms with Crippen molar-refractivity contribution < 1.29 is 4.79 Å². The van der Waals surface area contributed by atoms with E-state index in [-0.39, 0.29) is 22.2 Å². The van der Waals surface area contributed by atoms with Crippen molar-refractivity contribution in [2.24, 2.45) is 0 Å². The fourth-order valence-electron chi connectivity index (χ4n) is 3.02. The summed E-state index contributed by atoms with van der Waals surface area (Å²) in [5.41, 5.74) is 1.87. The zero-order chi connectivity index (χ0) is 21.8. The van der Waals surface area contributed by atoms with Crippen molar-refractivity contribution in [3.05, 3.63) is 93.7 Å². The number of halogens is 1. The van der Waals surface area contributed by atoms with Gasteiger partial charge >= 0.3 is 0 Å². The van der Waals surface area contributed by atoms with Gasteiger partial charge in [-0.25, -0.2) is 4.98 Å². The molecule has 0 saturated heterocycles. The second kappa shape index (κ2) is 9.04. The maximum Gasteiger partial charge on any atom is 0.266 e. The number of carbonyl (C=O) groups excluding carboxylic acids is 1. The second-order valence-corrected chi connectivity index (χ2v) is 7.88. The van der Waals surface area contributed by atoms with Crippen LogP contribution in [0.2, 0.25) is 5.02 Å². The Kier molecular flexibility index (Phi) is 6.03. The number of carbonyl (C=O) groups is 1. The van der Waals surface area contributed by atoms with Gasteiger partial charge in [-0.1, -0.05) is 53.7 Å². The molecule has 0 aliphatic rings. The first-order valence-corrected chi connectivity index (χ1v) is 10.6. The van der Waals surface area contributed by atoms with Crippen molar-refractivity contribution >= 4 is 45.9 Å². The maximum absolute atomic E-state index is 13.2. The van der Waals surface area contributed by atoms with Gasteiger partial charge in [-0.3, -0.25) is 14.2 Å². The lowest BCUT2D eigenvalue weighted by molar-refractivity contribution is -0.113. The van der Waals surface area contributed by atoms with Crippen LogP contribution < -0.4 is 10.9 Å². The first kappa shape index (κ1) is 20.7. The zero-order valence-electron chi connectivity index (χ0n) is 16.1. The van der Waals surface area contributed by atoms with Gasteiger partial charge in [0.05, 0.1) is 32.9 Å². The average molecular weight is 447 g/mol. The molecular formula is C23H15ClN4O2S. The van der Waals surface area contributed by atoms with Crippen LogP contribution in [0.5, 0.6) is 0 Å². The van der Waals surface area contributed by atoms with Crippen molar-refractivity contribution in [2.75, 3.05) is 11.1 Å². The standard InChI is InChI=1S/C23H15ClN4O2S/c24-19-12-16(11-10-15(19)13-25)26-21(29)14-31-23-27-20-9-5-4-8-18(20)22(30)28(23)17-6-2-1-3-7-17/h1-12H,14H2,(H,26,29). The van der Waals surface area contributed by atoms with E-state index in [9.17, 15) is 9.59 Å². The number of benzene rings is 3. The third kappa shape index (κ3) is 4.45. The molecule has 6 nitrogen and oxygen atoms in total. The molecule has 0 fully saturated rings. The van der Waals surface area contributed by atoms with Gasteiger partial charge in [0.15, 0.2) is 5.16 Å². The van der Waals surface area contributed by atoms with Crippen molar-refractivity contribution in [1.82, 2.24) is 9.55 Å². The molecule has 1 amide bonds. The molecule has 4 aromatic rings. The van der Waals surface area contributed by atoms with E-state index in [0.717, 1.165) is 11.8 Å². The average Bonchev–Trinajstić information content (AvgIpc) is 2.78. The molecule has 4 rings (SSSR count). The van der Waals surface area contributed by atoms with E-state index in [1.54, 1.807) is 30.3 Å². The molecule has 8 heteroatoms. The lowest BCUT2D eigenvalue weighted by Crippen LogP contribution is -2.22. The van der Waals surface area contributed by atoms with Gasteiger partial charge in [0, 0.05) is 5.69 Å². The molecule has 152 valence electrons. The smallest absolute Gasteiger partial charge is 0.266 e. The molecule has 1 N–H and O–H groups in total. The van der Waals surface area contributed by atoms with E-state index in [0.29, 0.717) is 33.0 Å². The summed E-state index contributed by atoms with van der Waals surface area (Å²) < 4.78 is 1.51. The highest BCUT2D eigenvalue weighted by atomic mass is 35.5. The van der Waals surface area contributed by atoms with Gasteiger partial charge in [-0.15, -0.1) is 0 Å². The van der Waals surface area contributed by atoms with Crippen molar-refractivity contribution in [3.8, 4) is 11.8 Å². The van der Waals surface area contributed by atoms with Gasteiger partial charge in [0.1, 0.15) is 6.07 Å². The first-order chi connectivity index (χ1) is 15.1. The molecule has 0 aliphatic heterocycles. The molecule has 0 saturated carbocycles. The number of nitrogens with zero attached hydrogens (tertiary/aromatic N) is 3. The monoisotopic (exact) mass is 446 g/mol. The Hall–Kier alpha value is -3.60. The molecule has 1 aromatic heterocycles. The number of para-hydroxylation sites is 2. The quantitative estimate of drug-likeness (QED) is 0.356. The van der Waals surface area contributed by atoms with Crippen LogP contribution >= 0.6 is 23.4 Å². The number of fused-ring (bicyclic) bond motifs is 1. The summed E-state index contributed by atoms with van der Waals surface area (Å²) in [4.78, 5) is 30.3. The molecule has 0 unspecified atom stereocenters. The van der Waals surface area contributed by atoms with E-state index >= 15 is 0 Å². The fourth-order valence-corrected chi connectivity index (χ4v) is 4.06. The third-order valence-electron chi connectivity index (χ3n) is 4.46. The predicted octanol–water partition coefficient (Wildman–Crippen LogP) is 4.64. The highest BCUT2D eigenvalue weighted by molar-refractivity contribution is 7.99. The number of nitriles is 1. The fraction of sp³-hybridized carbons (Fsp3) is 0.0435. The van der Waals surface area contributed by atoms with Crippen molar-refractivity contribution in [3.63, 3.8) is 0 Å². The summed E-state index contributed by atoms with van der Waals surface area (Å²) in [6.07, 6.45) is 0. The molecule has 0 aliphatic carbocycles. The van der Waals surface area contributed by atoms with Gasteiger partial charge in [0.2, 0.25) is 5.91 Å². The van der Waals surface area contributed by atoms with Crippen LogP contribution in [0.25, 0.3) is 16.6 Å². The van der Waals surface area contributed by atoms with Gasteiger partial charge in [-0.05, 0) is 42.5 Å². The summed E-state index contributed by atoms with van der Waals surface area (Å²) in [6.45, 7) is 0. The van der Waals surface area contributed by atoms with E-state index < -0.39 is 0 Å². The van der Waals surface area contributed by atoms with Gasteiger partial charge in [-0.2, -0.15) is 5.26 Å². The highest BCUT2D eigenvalue weighted by Crippen LogP contribution is 2.23. The molecule has 0 radical (unpaired) electrons. The first-order valence-electron chi connectivity index (χ1n) is 9.26. The van der Waals surface area contributed by atoms with Crippen LogP contribution in [0, 0.1) is 11.3 Å². The SMILES string of the molecule is N#Cc1ccc(NC(=O)CSc2nc3ccccc3c(=O)n2-c2ccccc2)cc1Cl. The number of anilines is 1. The summed E-state index contributed by atoms with van der Waals surface area (Å²) >= 11 is 7.18. The minimum atomic E-state index is -0.284. The number of rotatable bonds is 5. The Labute approximate surface area is 187 Å². The summed E-state index contributed by atoms with van der Waals surface area (Å²) in [7, 11) is 0. The van der Waals surface area contributed by atoms with E-state index in [1.807, 2.05) is 42.5 Å². The van der Waals surface area contributed by atoms with Gasteiger partial charge in [0.25, 0.3) is 5.56 Å². The number of thioether (sulfide) groups is 1. The number of hydrogen-bond acceptors (Lipinski definition) is 5. The lowest BCUT2D eigenvalue weighted by Gasteiger charge is -2.13. The number of aromatic nitrogens is 2. The molecule has 0 spiro atoms. The molecule has 1 heterocycles. The van der Waals surface area contributed by atoms with Crippen LogP contribution in [0.3, 0.4) is 0 Å². The number of hydrogen-bond donors (Lipinski definition) is 1. The van der Waals surface area contributed by atoms with Crippen molar-refractivity contribution in [1.29, 1.82) is 5.26 Å². The normalized spacial score (nSPS) is 10.6. The molecule has 31 heavy (non-hydrogen) atoms. The summed E-state index contributed by atoms with van der Waals surface area (Å²) in [6, 6.07) is 23.0. The van der Waals surface area contributed by atoms with Gasteiger partial charge < -0.3 is 5.32 Å². The maximum atomic E-state index is 13.2. The molecule has 3 aromatic carbocycles. The van der Waals surface area contributed by atoms with Crippen LogP contribution in [-0.2, 0) is 4.79 Å². The highest BCUT2D eigenvalue weighted by Gasteiger charge is 2.15. The Morgan fingerprint density at radius 2 is 1.84 bits per heavy atom. The lowest BCUT2D eigenvalue weighted by atomic mass is 10.2. The minimum absolute atomic E-state index is 0.0369. The Balaban J connectivity index is 1.62. The minimum Gasteiger partial charge on any atom is -0.325 e. The third-order valence-corrected chi connectivity index (χ3v) is 5.72. The van der Waals surface area contributed by atoms with Crippen LogP contribution in [0.4, 0.5) is 5.69 Å². The largest absolute Gasteiger partial charge is 0.325 e. The van der Waals surface area contributed by atoms with E-state index in [4.69, 9.17) is 16.9 Å². The van der Waals surface area contributed by atoms with Crippen molar-refractivity contribution in [2.45, 2.75) is 5.16 Å². The Morgan fingerprint density at radius 1 is 1.10 bits per heavy atom. The Morgan fingerprint density at radius 3 is 2.58 bits per heavy atom. The van der Waals surface area contributed by atoms with E-state index in [2.05, 4.69) is 10.3 Å². The summed E-state index contributed by atoms with van der Waals surface area (Å²) in [5.74, 6) is -0.248. The second-order valence-electron chi connectivity index (χ2n) is 6.53. The Bertz CT molecular complexity index is 1380. The van der Waals surface area contributed by atoms with Crippen LogP contribution in [0.1, 0.15) is 5.56 Å². The predicted molar refractivity (Wildman–Crippen MR) is 123 cm³/mol.